The SMILES string of the molecule is Cc1occc1SC1CC(c2ccccc2)CCC1CN. The highest BCUT2D eigenvalue weighted by atomic mass is 32.2. The van der Waals surface area contributed by atoms with Crippen molar-refractivity contribution in [3.05, 3.63) is 54.0 Å². The number of thioether (sulfide) groups is 1. The van der Waals surface area contributed by atoms with Crippen molar-refractivity contribution in [2.45, 2.75) is 42.2 Å². The molecule has 3 rings (SSSR count). The van der Waals surface area contributed by atoms with Crippen molar-refractivity contribution in [1.29, 1.82) is 0 Å². The van der Waals surface area contributed by atoms with Gasteiger partial charge in [-0.2, -0.15) is 0 Å². The van der Waals surface area contributed by atoms with E-state index in [9.17, 15) is 0 Å². The van der Waals surface area contributed by atoms with Gasteiger partial charge in [-0.15, -0.1) is 11.8 Å². The second kappa shape index (κ2) is 6.71. The largest absolute Gasteiger partial charge is 0.468 e. The van der Waals surface area contributed by atoms with Crippen molar-refractivity contribution in [2.24, 2.45) is 11.7 Å². The molecular weight excluding hydrogens is 278 g/mol. The molecule has 2 nitrogen and oxygen atoms in total. The molecule has 1 aliphatic carbocycles. The van der Waals surface area contributed by atoms with Crippen molar-refractivity contribution >= 4 is 11.8 Å². The lowest BCUT2D eigenvalue weighted by atomic mass is 9.78. The van der Waals surface area contributed by atoms with Gasteiger partial charge in [0.25, 0.3) is 0 Å². The van der Waals surface area contributed by atoms with Crippen molar-refractivity contribution in [1.82, 2.24) is 0 Å². The van der Waals surface area contributed by atoms with Crippen LogP contribution in [0.2, 0.25) is 0 Å². The van der Waals surface area contributed by atoms with Gasteiger partial charge >= 0.3 is 0 Å². The highest BCUT2D eigenvalue weighted by molar-refractivity contribution is 8.00. The van der Waals surface area contributed by atoms with E-state index < -0.39 is 0 Å². The number of aryl methyl sites for hydroxylation is 1. The van der Waals surface area contributed by atoms with E-state index in [4.69, 9.17) is 10.2 Å². The molecule has 3 unspecified atom stereocenters. The lowest BCUT2D eigenvalue weighted by Crippen LogP contribution is -2.31. The first kappa shape index (κ1) is 14.7. The van der Waals surface area contributed by atoms with Gasteiger partial charge in [-0.1, -0.05) is 30.3 Å². The molecule has 1 aliphatic rings. The zero-order valence-electron chi connectivity index (χ0n) is 12.5. The van der Waals surface area contributed by atoms with Crippen LogP contribution in [0.3, 0.4) is 0 Å². The van der Waals surface area contributed by atoms with Gasteiger partial charge in [0, 0.05) is 10.1 Å². The van der Waals surface area contributed by atoms with E-state index in [-0.39, 0.29) is 0 Å². The van der Waals surface area contributed by atoms with E-state index in [1.54, 1.807) is 6.26 Å². The molecule has 1 saturated carbocycles. The van der Waals surface area contributed by atoms with Crippen LogP contribution in [0.15, 0.2) is 52.0 Å². The van der Waals surface area contributed by atoms with Gasteiger partial charge in [0.1, 0.15) is 5.76 Å². The van der Waals surface area contributed by atoms with Gasteiger partial charge in [-0.3, -0.25) is 0 Å². The topological polar surface area (TPSA) is 39.2 Å². The highest BCUT2D eigenvalue weighted by Gasteiger charge is 2.31. The molecule has 112 valence electrons. The Morgan fingerprint density at radius 1 is 1.19 bits per heavy atom. The molecule has 3 heteroatoms. The third kappa shape index (κ3) is 3.35. The van der Waals surface area contributed by atoms with Crippen LogP contribution in [-0.4, -0.2) is 11.8 Å². The summed E-state index contributed by atoms with van der Waals surface area (Å²) in [6.07, 6.45) is 5.48. The number of rotatable bonds is 4. The Bertz CT molecular complexity index is 566. The Morgan fingerprint density at radius 3 is 2.67 bits per heavy atom. The van der Waals surface area contributed by atoms with Crippen molar-refractivity contribution in [3.63, 3.8) is 0 Å². The van der Waals surface area contributed by atoms with E-state index in [1.165, 1.54) is 29.7 Å². The maximum absolute atomic E-state index is 6.01. The second-order valence-corrected chi connectivity index (χ2v) is 7.19. The fourth-order valence-electron chi connectivity index (χ4n) is 3.29. The number of nitrogens with two attached hydrogens (primary N) is 1. The normalized spacial score (nSPS) is 25.9. The number of hydrogen-bond acceptors (Lipinski definition) is 3. The molecule has 2 N–H and O–H groups in total. The van der Waals surface area contributed by atoms with Crippen LogP contribution in [-0.2, 0) is 0 Å². The smallest absolute Gasteiger partial charge is 0.114 e. The molecule has 1 heterocycles. The maximum atomic E-state index is 6.01. The number of furan rings is 1. The van der Waals surface area contributed by atoms with Gasteiger partial charge < -0.3 is 10.2 Å². The fourth-order valence-corrected chi connectivity index (χ4v) is 4.74. The van der Waals surface area contributed by atoms with Gasteiger partial charge in [0.2, 0.25) is 0 Å². The summed E-state index contributed by atoms with van der Waals surface area (Å²) in [4.78, 5) is 1.27. The van der Waals surface area contributed by atoms with Crippen molar-refractivity contribution in [2.75, 3.05) is 6.54 Å². The van der Waals surface area contributed by atoms with E-state index in [0.29, 0.717) is 17.1 Å². The Labute approximate surface area is 131 Å². The first-order chi connectivity index (χ1) is 10.3. The molecule has 0 saturated heterocycles. The molecule has 0 bridgehead atoms. The van der Waals surface area contributed by atoms with E-state index >= 15 is 0 Å². The molecule has 1 aromatic carbocycles. The molecule has 0 amide bonds. The summed E-state index contributed by atoms with van der Waals surface area (Å²) in [6.45, 7) is 2.83. The minimum absolute atomic E-state index is 0.588. The van der Waals surface area contributed by atoms with E-state index in [1.807, 2.05) is 18.7 Å². The van der Waals surface area contributed by atoms with Gasteiger partial charge in [0.15, 0.2) is 0 Å². The van der Waals surface area contributed by atoms with Crippen molar-refractivity contribution < 1.29 is 4.42 Å². The van der Waals surface area contributed by atoms with Crippen molar-refractivity contribution in [3.8, 4) is 0 Å². The number of benzene rings is 1. The first-order valence-corrected chi connectivity index (χ1v) is 8.61. The Hall–Kier alpha value is -1.19. The van der Waals surface area contributed by atoms with Crippen LogP contribution in [0.4, 0.5) is 0 Å². The molecular formula is C18H23NOS. The summed E-state index contributed by atoms with van der Waals surface area (Å²) >= 11 is 1.96. The van der Waals surface area contributed by atoms with Gasteiger partial charge in [0.05, 0.1) is 6.26 Å². The summed E-state index contributed by atoms with van der Waals surface area (Å²) in [5, 5.41) is 0.588. The van der Waals surface area contributed by atoms with Crippen LogP contribution in [0.5, 0.6) is 0 Å². The fraction of sp³-hybridized carbons (Fsp3) is 0.444. The summed E-state index contributed by atoms with van der Waals surface area (Å²) in [5.74, 6) is 2.31. The van der Waals surface area contributed by atoms with Crippen LogP contribution < -0.4 is 5.73 Å². The summed E-state index contributed by atoms with van der Waals surface area (Å²) < 4.78 is 5.43. The molecule has 21 heavy (non-hydrogen) atoms. The van der Waals surface area contributed by atoms with Crippen LogP contribution in [0.1, 0.15) is 36.5 Å². The van der Waals surface area contributed by atoms with E-state index in [0.717, 1.165) is 12.3 Å². The Kier molecular flexibility index (Phi) is 4.71. The maximum Gasteiger partial charge on any atom is 0.114 e. The summed E-state index contributed by atoms with van der Waals surface area (Å²) in [6, 6.07) is 13.0. The minimum atomic E-state index is 0.588. The van der Waals surface area contributed by atoms with Crippen LogP contribution >= 0.6 is 11.8 Å². The average Bonchev–Trinajstić information content (AvgIpc) is 2.93. The average molecular weight is 301 g/mol. The molecule has 0 spiro atoms. The molecule has 0 aliphatic heterocycles. The molecule has 2 aromatic rings. The quantitative estimate of drug-likeness (QED) is 0.897. The number of hydrogen-bond donors (Lipinski definition) is 1. The lowest BCUT2D eigenvalue weighted by molar-refractivity contribution is 0.344. The summed E-state index contributed by atoms with van der Waals surface area (Å²) in [7, 11) is 0. The predicted molar refractivity (Wildman–Crippen MR) is 88.7 cm³/mol. The van der Waals surface area contributed by atoms with Crippen LogP contribution in [0.25, 0.3) is 0 Å². The lowest BCUT2D eigenvalue weighted by Gasteiger charge is -2.35. The van der Waals surface area contributed by atoms with E-state index in [2.05, 4.69) is 36.4 Å². The second-order valence-electron chi connectivity index (χ2n) is 5.91. The Balaban J connectivity index is 1.74. The third-order valence-electron chi connectivity index (χ3n) is 4.59. The first-order valence-electron chi connectivity index (χ1n) is 7.73. The monoisotopic (exact) mass is 301 g/mol. The standard InChI is InChI=1S/C18H23NOS/c1-13-17(9-10-20-13)21-18-11-15(7-8-16(18)12-19)14-5-3-2-4-6-14/h2-6,9-10,15-16,18H,7-8,11-12,19H2,1H3. The zero-order valence-corrected chi connectivity index (χ0v) is 13.3. The van der Waals surface area contributed by atoms with Gasteiger partial charge in [-0.25, -0.2) is 0 Å². The third-order valence-corrected chi connectivity index (χ3v) is 6.15. The minimum Gasteiger partial charge on any atom is -0.468 e. The van der Waals surface area contributed by atoms with Gasteiger partial charge in [-0.05, 0) is 56.2 Å². The summed E-state index contributed by atoms with van der Waals surface area (Å²) in [5.41, 5.74) is 7.48. The molecule has 1 fully saturated rings. The molecule has 1 aromatic heterocycles. The molecule has 3 atom stereocenters. The highest BCUT2D eigenvalue weighted by Crippen LogP contribution is 2.44. The van der Waals surface area contributed by atoms with Crippen LogP contribution in [0, 0.1) is 12.8 Å². The predicted octanol–water partition coefficient (Wildman–Crippen LogP) is 4.59. The Morgan fingerprint density at radius 2 is 2.00 bits per heavy atom. The molecule has 0 radical (unpaired) electrons. The zero-order chi connectivity index (χ0) is 14.7.